The van der Waals surface area contributed by atoms with Crippen molar-refractivity contribution in [2.24, 2.45) is 17.1 Å². The molecule has 3 unspecified atom stereocenters. The van der Waals surface area contributed by atoms with Gasteiger partial charge in [-0.3, -0.25) is 15.1 Å². The molecule has 4 N–H and O–H groups in total. The molecule has 3 rings (SSSR count). The number of carbonyl (C=O) groups is 1. The quantitative estimate of drug-likeness (QED) is 0.580. The van der Waals surface area contributed by atoms with E-state index in [2.05, 4.69) is 31.1 Å². The Morgan fingerprint density at radius 2 is 2.38 bits per heavy atom. The van der Waals surface area contributed by atoms with Crippen LogP contribution < -0.4 is 11.1 Å². The Balaban J connectivity index is 1.56. The molecule has 114 valence electrons. The number of rotatable bonds is 4. The van der Waals surface area contributed by atoms with Crippen LogP contribution in [-0.4, -0.2) is 35.8 Å². The maximum atomic E-state index is 12.4. The molecule has 0 bridgehead atoms. The lowest BCUT2D eigenvalue weighted by Gasteiger charge is -2.23. The molecular weight excluding hydrogens is 284 g/mol. The molecule has 0 aromatic carbocycles. The van der Waals surface area contributed by atoms with E-state index >= 15 is 0 Å². The highest BCUT2D eigenvalue weighted by atomic mass is 32.1. The van der Waals surface area contributed by atoms with Gasteiger partial charge in [-0.15, -0.1) is 11.3 Å². The van der Waals surface area contributed by atoms with Gasteiger partial charge in [0, 0.05) is 21.9 Å². The van der Waals surface area contributed by atoms with Gasteiger partial charge in [0.2, 0.25) is 5.91 Å². The summed E-state index contributed by atoms with van der Waals surface area (Å²) in [5.41, 5.74) is 6.49. The van der Waals surface area contributed by atoms with Crippen molar-refractivity contribution in [2.45, 2.75) is 38.9 Å². The van der Waals surface area contributed by atoms with E-state index in [4.69, 9.17) is 11.1 Å². The number of likely N-dealkylation sites (N-methyl/N-ethyl adjacent to an activating group) is 1. The lowest BCUT2D eigenvalue weighted by molar-refractivity contribution is -0.126. The Bertz CT molecular complexity index is 598. The van der Waals surface area contributed by atoms with Gasteiger partial charge in [-0.05, 0) is 30.9 Å². The molecule has 1 amide bonds. The zero-order valence-electron chi connectivity index (χ0n) is 12.6. The van der Waals surface area contributed by atoms with Crippen LogP contribution in [0.15, 0.2) is 11.4 Å². The molecule has 1 aliphatic heterocycles. The Hall–Kier alpha value is -1.40. The van der Waals surface area contributed by atoms with Crippen LogP contribution in [0.4, 0.5) is 0 Å². The Labute approximate surface area is 129 Å². The summed E-state index contributed by atoms with van der Waals surface area (Å²) in [4.78, 5) is 15.6. The maximum absolute atomic E-state index is 12.4. The third kappa shape index (κ3) is 2.26. The van der Waals surface area contributed by atoms with Crippen molar-refractivity contribution in [1.82, 2.24) is 10.2 Å². The first-order valence-corrected chi connectivity index (χ1v) is 8.14. The first-order valence-electron chi connectivity index (χ1n) is 7.26. The van der Waals surface area contributed by atoms with Crippen LogP contribution >= 0.6 is 11.3 Å². The van der Waals surface area contributed by atoms with E-state index in [0.29, 0.717) is 23.9 Å². The molecule has 1 aromatic heterocycles. The number of amides is 1. The number of thiophene rings is 1. The van der Waals surface area contributed by atoms with Crippen molar-refractivity contribution < 1.29 is 4.79 Å². The molecule has 1 saturated carbocycles. The SMILES string of the molecule is CC1C2N(C)C(C(=O)NCc3cc(C(=N)N)cs3)C[C@]12C. The van der Waals surface area contributed by atoms with Crippen LogP contribution in [0.1, 0.15) is 30.7 Å². The third-order valence-electron chi connectivity index (χ3n) is 5.35. The fourth-order valence-electron chi connectivity index (χ4n) is 3.83. The second-order valence-electron chi connectivity index (χ2n) is 6.56. The summed E-state index contributed by atoms with van der Waals surface area (Å²) in [6, 6.07) is 2.41. The van der Waals surface area contributed by atoms with Gasteiger partial charge >= 0.3 is 0 Å². The molecule has 1 aromatic rings. The largest absolute Gasteiger partial charge is 0.384 e. The van der Waals surface area contributed by atoms with Gasteiger partial charge in [-0.1, -0.05) is 13.8 Å². The number of likely N-dealkylation sites (tertiary alicyclic amines) is 1. The summed E-state index contributed by atoms with van der Waals surface area (Å²) in [6.45, 7) is 5.06. The van der Waals surface area contributed by atoms with Crippen molar-refractivity contribution in [3.05, 3.63) is 21.9 Å². The minimum absolute atomic E-state index is 0.0107. The maximum Gasteiger partial charge on any atom is 0.237 e. The van der Waals surface area contributed by atoms with Crippen molar-refractivity contribution >= 4 is 23.1 Å². The molecule has 0 radical (unpaired) electrons. The summed E-state index contributed by atoms with van der Waals surface area (Å²) in [5.74, 6) is 0.874. The Morgan fingerprint density at radius 1 is 1.67 bits per heavy atom. The van der Waals surface area contributed by atoms with Crippen LogP contribution in [0, 0.1) is 16.7 Å². The smallest absolute Gasteiger partial charge is 0.237 e. The average Bonchev–Trinajstić information content (AvgIpc) is 2.81. The molecule has 21 heavy (non-hydrogen) atoms. The van der Waals surface area contributed by atoms with Gasteiger partial charge in [0.25, 0.3) is 0 Å². The summed E-state index contributed by atoms with van der Waals surface area (Å²) >= 11 is 1.52. The molecule has 6 heteroatoms. The second kappa shape index (κ2) is 4.81. The minimum atomic E-state index is -0.0107. The first-order chi connectivity index (χ1) is 9.84. The Morgan fingerprint density at radius 3 is 2.90 bits per heavy atom. The number of nitrogens with one attached hydrogen (secondary N) is 2. The zero-order chi connectivity index (χ0) is 15.4. The van der Waals surface area contributed by atoms with Crippen molar-refractivity contribution in [2.75, 3.05) is 7.05 Å². The van der Waals surface area contributed by atoms with Crippen LogP contribution in [0.3, 0.4) is 0 Å². The fourth-order valence-corrected chi connectivity index (χ4v) is 4.65. The van der Waals surface area contributed by atoms with Crippen LogP contribution in [-0.2, 0) is 11.3 Å². The molecular formula is C15H22N4OS. The van der Waals surface area contributed by atoms with Crippen LogP contribution in [0.25, 0.3) is 0 Å². The summed E-state index contributed by atoms with van der Waals surface area (Å²) in [5, 5.41) is 12.3. The lowest BCUT2D eigenvalue weighted by Crippen LogP contribution is -2.43. The number of hydrogen-bond acceptors (Lipinski definition) is 4. The van der Waals surface area contributed by atoms with Gasteiger partial charge in [0.1, 0.15) is 5.84 Å². The zero-order valence-corrected chi connectivity index (χ0v) is 13.5. The van der Waals surface area contributed by atoms with Crippen molar-refractivity contribution in [3.8, 4) is 0 Å². The fraction of sp³-hybridized carbons (Fsp3) is 0.600. The predicted octanol–water partition coefficient (Wildman–Crippen LogP) is 1.38. The number of nitrogens with two attached hydrogens (primary N) is 1. The monoisotopic (exact) mass is 306 g/mol. The third-order valence-corrected chi connectivity index (χ3v) is 6.28. The number of carbonyl (C=O) groups excluding carboxylic acids is 1. The van der Waals surface area contributed by atoms with E-state index in [1.165, 1.54) is 11.3 Å². The number of amidine groups is 1. The highest BCUT2D eigenvalue weighted by molar-refractivity contribution is 7.10. The van der Waals surface area contributed by atoms with Crippen LogP contribution in [0.5, 0.6) is 0 Å². The highest BCUT2D eigenvalue weighted by Gasteiger charge is 2.67. The summed E-state index contributed by atoms with van der Waals surface area (Å²) < 4.78 is 0. The molecule has 5 nitrogen and oxygen atoms in total. The minimum Gasteiger partial charge on any atom is -0.384 e. The van der Waals surface area contributed by atoms with E-state index in [1.54, 1.807) is 0 Å². The molecule has 0 spiro atoms. The van der Waals surface area contributed by atoms with E-state index in [9.17, 15) is 4.79 Å². The number of fused-ring (bicyclic) bond motifs is 1. The van der Waals surface area contributed by atoms with Crippen LogP contribution in [0.2, 0.25) is 0 Å². The van der Waals surface area contributed by atoms with E-state index < -0.39 is 0 Å². The number of piperidine rings is 1. The number of hydrogen-bond donors (Lipinski definition) is 3. The summed E-state index contributed by atoms with van der Waals surface area (Å²) in [6.07, 6.45) is 0.949. The number of nitrogen functional groups attached to an aromatic ring is 1. The molecule has 1 aliphatic carbocycles. The first kappa shape index (κ1) is 14.5. The van der Waals surface area contributed by atoms with Crippen molar-refractivity contribution in [1.29, 1.82) is 5.41 Å². The van der Waals surface area contributed by atoms with Gasteiger partial charge in [-0.25, -0.2) is 0 Å². The second-order valence-corrected chi connectivity index (χ2v) is 7.55. The molecule has 2 aliphatic rings. The van der Waals surface area contributed by atoms with E-state index in [-0.39, 0.29) is 17.8 Å². The molecule has 4 atom stereocenters. The topological polar surface area (TPSA) is 82.2 Å². The van der Waals surface area contributed by atoms with E-state index in [0.717, 1.165) is 16.9 Å². The van der Waals surface area contributed by atoms with Gasteiger partial charge < -0.3 is 11.1 Å². The molecule has 1 saturated heterocycles. The van der Waals surface area contributed by atoms with E-state index in [1.807, 2.05) is 11.4 Å². The highest BCUT2D eigenvalue weighted by Crippen LogP contribution is 2.63. The molecule has 2 heterocycles. The normalized spacial score (nSPS) is 34.5. The standard InChI is InChI=1S/C15H22N4OS/c1-8-12-15(8,2)5-11(19(12)3)14(20)18-6-10-4-9(7-21-10)13(16)17/h4,7-8,11-12H,5-6H2,1-3H3,(H3,16,17)(H,18,20)/t8?,11?,12?,15-/m1/s1. The van der Waals surface area contributed by atoms with Gasteiger partial charge in [0.15, 0.2) is 0 Å². The number of nitrogens with zero attached hydrogens (tertiary/aromatic N) is 1. The van der Waals surface area contributed by atoms with Gasteiger partial charge in [0.05, 0.1) is 12.6 Å². The average molecular weight is 306 g/mol. The molecule has 2 fully saturated rings. The van der Waals surface area contributed by atoms with Crippen molar-refractivity contribution in [3.63, 3.8) is 0 Å². The van der Waals surface area contributed by atoms with Gasteiger partial charge in [-0.2, -0.15) is 0 Å². The predicted molar refractivity (Wildman–Crippen MR) is 84.4 cm³/mol. The lowest BCUT2D eigenvalue weighted by atomic mass is 9.98. The summed E-state index contributed by atoms with van der Waals surface area (Å²) in [7, 11) is 2.06. The Kier molecular flexibility index (Phi) is 3.33.